The summed E-state index contributed by atoms with van der Waals surface area (Å²) in [5.74, 6) is 0.495. The maximum atomic E-state index is 5.70. The number of hydrogen-bond donors (Lipinski definition) is 0. The van der Waals surface area contributed by atoms with Crippen molar-refractivity contribution in [1.29, 1.82) is 0 Å². The van der Waals surface area contributed by atoms with Gasteiger partial charge in [0.25, 0.3) is 0 Å². The Labute approximate surface area is 68.7 Å². The Bertz CT molecular complexity index is 239. The number of methoxy groups -OCH3 is 1. The minimum Gasteiger partial charge on any atom is -0.494 e. The molecular formula is C6H5Cl2NO. The Morgan fingerprint density at radius 2 is 2.10 bits per heavy atom. The van der Waals surface area contributed by atoms with Crippen molar-refractivity contribution in [1.82, 2.24) is 4.98 Å². The molecule has 0 aliphatic heterocycles. The van der Waals surface area contributed by atoms with Crippen molar-refractivity contribution in [3.8, 4) is 5.75 Å². The van der Waals surface area contributed by atoms with Crippen LogP contribution in [0.25, 0.3) is 0 Å². The Hall–Kier alpha value is -0.470. The molecule has 1 aromatic heterocycles. The van der Waals surface area contributed by atoms with Crippen molar-refractivity contribution < 1.29 is 4.74 Å². The fourth-order valence-electron chi connectivity index (χ4n) is 0.544. The fourth-order valence-corrected chi connectivity index (χ4v) is 0.868. The molecule has 0 aliphatic carbocycles. The van der Waals surface area contributed by atoms with Gasteiger partial charge in [0.1, 0.15) is 5.02 Å². The summed E-state index contributed by atoms with van der Waals surface area (Å²) in [5, 5.41) is 0.806. The molecule has 54 valence electrons. The van der Waals surface area contributed by atoms with Gasteiger partial charge in [0.2, 0.25) is 0 Å². The topological polar surface area (TPSA) is 22.1 Å². The Balaban J connectivity index is 3.14. The summed E-state index contributed by atoms with van der Waals surface area (Å²) in [4.78, 5) is 3.77. The second-order valence-electron chi connectivity index (χ2n) is 1.64. The van der Waals surface area contributed by atoms with E-state index in [1.807, 2.05) is 0 Å². The highest BCUT2D eigenvalue weighted by molar-refractivity contribution is 6.42. The summed E-state index contributed by atoms with van der Waals surface area (Å²) in [5.41, 5.74) is 0. The molecule has 0 spiro atoms. The quantitative estimate of drug-likeness (QED) is 0.658. The van der Waals surface area contributed by atoms with Crippen LogP contribution in [-0.4, -0.2) is 12.1 Å². The molecule has 0 aromatic carbocycles. The van der Waals surface area contributed by atoms with Crippen LogP contribution in [0.5, 0.6) is 5.75 Å². The third kappa shape index (κ3) is 1.33. The summed E-state index contributed by atoms with van der Waals surface area (Å²) < 4.78 is 4.85. The molecule has 0 aliphatic rings. The first-order valence-electron chi connectivity index (χ1n) is 2.58. The van der Waals surface area contributed by atoms with E-state index < -0.39 is 0 Å². The van der Waals surface area contributed by atoms with Gasteiger partial charge in [-0.2, -0.15) is 0 Å². The van der Waals surface area contributed by atoms with Crippen LogP contribution >= 0.6 is 23.2 Å². The van der Waals surface area contributed by atoms with E-state index >= 15 is 0 Å². The number of aromatic nitrogens is 1. The Morgan fingerprint density at radius 1 is 1.40 bits per heavy atom. The van der Waals surface area contributed by atoms with Crippen LogP contribution < -0.4 is 4.74 Å². The largest absolute Gasteiger partial charge is 0.494 e. The van der Waals surface area contributed by atoms with Gasteiger partial charge in [0.15, 0.2) is 5.75 Å². The van der Waals surface area contributed by atoms with Crippen LogP contribution in [0.15, 0.2) is 12.4 Å². The monoisotopic (exact) mass is 177 g/mol. The standard InChI is InChI=1S/C6H5Cl2NO/c1-10-5-3-9-2-4(7)6(5)8/h2-3H,1H3. The molecule has 0 saturated carbocycles. The second-order valence-corrected chi connectivity index (χ2v) is 2.42. The van der Waals surface area contributed by atoms with Crippen LogP contribution in [0.2, 0.25) is 10.0 Å². The molecule has 1 aromatic rings. The van der Waals surface area contributed by atoms with E-state index in [4.69, 9.17) is 27.9 Å². The van der Waals surface area contributed by atoms with Crippen LogP contribution in [0, 0.1) is 0 Å². The molecule has 0 fully saturated rings. The molecule has 0 radical (unpaired) electrons. The average Bonchev–Trinajstić information content (AvgIpc) is 1.95. The summed E-state index contributed by atoms with van der Waals surface area (Å²) in [6.45, 7) is 0. The zero-order valence-electron chi connectivity index (χ0n) is 5.27. The third-order valence-corrected chi connectivity index (χ3v) is 1.80. The minimum absolute atomic E-state index is 0.402. The lowest BCUT2D eigenvalue weighted by atomic mass is 10.4. The molecular weight excluding hydrogens is 173 g/mol. The van der Waals surface area contributed by atoms with E-state index in [-0.39, 0.29) is 0 Å². The highest BCUT2D eigenvalue weighted by atomic mass is 35.5. The molecule has 0 amide bonds. The summed E-state index contributed by atoms with van der Waals surface area (Å²) in [6.07, 6.45) is 2.97. The van der Waals surface area contributed by atoms with E-state index in [2.05, 4.69) is 4.98 Å². The van der Waals surface area contributed by atoms with Crippen molar-refractivity contribution in [3.63, 3.8) is 0 Å². The summed E-state index contributed by atoms with van der Waals surface area (Å²) in [6, 6.07) is 0. The normalized spacial score (nSPS) is 9.50. The van der Waals surface area contributed by atoms with Gasteiger partial charge in [-0.15, -0.1) is 0 Å². The van der Waals surface area contributed by atoms with Gasteiger partial charge in [-0.25, -0.2) is 0 Å². The predicted molar refractivity (Wildman–Crippen MR) is 40.8 cm³/mol. The second kappa shape index (κ2) is 3.08. The van der Waals surface area contributed by atoms with E-state index in [0.717, 1.165) is 0 Å². The molecule has 1 heterocycles. The highest BCUT2D eigenvalue weighted by Gasteiger charge is 2.03. The number of rotatable bonds is 1. The van der Waals surface area contributed by atoms with Gasteiger partial charge in [-0.3, -0.25) is 4.98 Å². The lowest BCUT2D eigenvalue weighted by molar-refractivity contribution is 0.413. The van der Waals surface area contributed by atoms with Gasteiger partial charge in [0, 0.05) is 6.20 Å². The molecule has 0 unspecified atom stereocenters. The minimum atomic E-state index is 0.402. The summed E-state index contributed by atoms with van der Waals surface area (Å²) >= 11 is 11.3. The van der Waals surface area contributed by atoms with E-state index in [9.17, 15) is 0 Å². The van der Waals surface area contributed by atoms with Crippen LogP contribution in [0.3, 0.4) is 0 Å². The number of halogens is 2. The molecule has 0 bridgehead atoms. The maximum Gasteiger partial charge on any atom is 0.157 e. The summed E-state index contributed by atoms with van der Waals surface area (Å²) in [7, 11) is 1.51. The fraction of sp³-hybridized carbons (Fsp3) is 0.167. The van der Waals surface area contributed by atoms with Crippen molar-refractivity contribution in [2.45, 2.75) is 0 Å². The van der Waals surface area contributed by atoms with E-state index in [1.165, 1.54) is 19.5 Å². The van der Waals surface area contributed by atoms with Gasteiger partial charge in [-0.05, 0) is 0 Å². The first-order valence-corrected chi connectivity index (χ1v) is 3.34. The smallest absolute Gasteiger partial charge is 0.157 e. The van der Waals surface area contributed by atoms with Gasteiger partial charge >= 0.3 is 0 Å². The maximum absolute atomic E-state index is 5.70. The Kier molecular flexibility index (Phi) is 2.35. The van der Waals surface area contributed by atoms with Crippen LogP contribution in [0.1, 0.15) is 0 Å². The van der Waals surface area contributed by atoms with Crippen molar-refractivity contribution >= 4 is 23.2 Å². The van der Waals surface area contributed by atoms with Crippen molar-refractivity contribution in [2.75, 3.05) is 7.11 Å². The lowest BCUT2D eigenvalue weighted by Crippen LogP contribution is -1.85. The number of pyridine rings is 1. The number of hydrogen-bond acceptors (Lipinski definition) is 2. The first kappa shape index (κ1) is 7.63. The van der Waals surface area contributed by atoms with Gasteiger partial charge in [0.05, 0.1) is 18.3 Å². The van der Waals surface area contributed by atoms with E-state index in [1.54, 1.807) is 0 Å². The highest BCUT2D eigenvalue weighted by Crippen LogP contribution is 2.29. The lowest BCUT2D eigenvalue weighted by Gasteiger charge is -2.01. The van der Waals surface area contributed by atoms with Crippen molar-refractivity contribution in [3.05, 3.63) is 22.4 Å². The first-order chi connectivity index (χ1) is 4.75. The number of nitrogens with zero attached hydrogens (tertiary/aromatic N) is 1. The van der Waals surface area contributed by atoms with Crippen LogP contribution in [-0.2, 0) is 0 Å². The molecule has 0 atom stereocenters. The van der Waals surface area contributed by atoms with Crippen LogP contribution in [0.4, 0.5) is 0 Å². The molecule has 10 heavy (non-hydrogen) atoms. The molecule has 1 rings (SSSR count). The zero-order chi connectivity index (χ0) is 7.56. The predicted octanol–water partition coefficient (Wildman–Crippen LogP) is 2.40. The zero-order valence-corrected chi connectivity index (χ0v) is 6.78. The molecule has 0 saturated heterocycles. The molecule has 2 nitrogen and oxygen atoms in total. The third-order valence-electron chi connectivity index (χ3n) is 1.03. The SMILES string of the molecule is COc1cncc(Cl)c1Cl. The van der Waals surface area contributed by atoms with E-state index in [0.29, 0.717) is 15.8 Å². The Morgan fingerprint density at radius 3 is 2.60 bits per heavy atom. The molecule has 4 heteroatoms. The van der Waals surface area contributed by atoms with Crippen molar-refractivity contribution in [2.24, 2.45) is 0 Å². The number of ether oxygens (including phenoxy) is 1. The average molecular weight is 178 g/mol. The molecule has 0 N–H and O–H groups in total. The van der Waals surface area contributed by atoms with Gasteiger partial charge in [-0.1, -0.05) is 23.2 Å². The van der Waals surface area contributed by atoms with Gasteiger partial charge < -0.3 is 4.74 Å².